The summed E-state index contributed by atoms with van der Waals surface area (Å²) in [6.07, 6.45) is 4.77. The van der Waals surface area contributed by atoms with Gasteiger partial charge in [0.1, 0.15) is 5.82 Å². The average molecular weight is 264 g/mol. The summed E-state index contributed by atoms with van der Waals surface area (Å²) in [5, 5.41) is 3.65. The highest BCUT2D eigenvalue weighted by molar-refractivity contribution is 5.26. The monoisotopic (exact) mass is 264 g/mol. The molecule has 1 unspecified atom stereocenters. The highest BCUT2D eigenvalue weighted by atomic mass is 19.1. The van der Waals surface area contributed by atoms with Gasteiger partial charge in [-0.2, -0.15) is 0 Å². The lowest BCUT2D eigenvalue weighted by Gasteiger charge is -2.17. The normalized spacial score (nSPS) is 21.3. The summed E-state index contributed by atoms with van der Waals surface area (Å²) in [6, 6.07) is 5.73. The van der Waals surface area contributed by atoms with Crippen LogP contribution in [0.4, 0.5) is 4.39 Å². The molecule has 1 aliphatic rings. The molecule has 19 heavy (non-hydrogen) atoms. The van der Waals surface area contributed by atoms with Gasteiger partial charge in [0.25, 0.3) is 0 Å². The fourth-order valence-corrected chi connectivity index (χ4v) is 2.79. The van der Waals surface area contributed by atoms with Gasteiger partial charge in [0.05, 0.1) is 0 Å². The number of rotatable bonds is 4. The van der Waals surface area contributed by atoms with E-state index in [1.54, 1.807) is 12.1 Å². The molecular formula is C16H25FN2. The lowest BCUT2D eigenvalue weighted by molar-refractivity contribution is 0.344. The summed E-state index contributed by atoms with van der Waals surface area (Å²) in [7, 11) is 2.20. The summed E-state index contributed by atoms with van der Waals surface area (Å²) in [4.78, 5) is 2.41. The van der Waals surface area contributed by atoms with Crippen molar-refractivity contribution < 1.29 is 4.39 Å². The van der Waals surface area contributed by atoms with Gasteiger partial charge >= 0.3 is 0 Å². The van der Waals surface area contributed by atoms with Gasteiger partial charge in [-0.1, -0.05) is 6.07 Å². The Morgan fingerprint density at radius 2 is 2.16 bits per heavy atom. The molecule has 0 aromatic heterocycles. The Balaban J connectivity index is 1.76. The maximum atomic E-state index is 13.0. The summed E-state index contributed by atoms with van der Waals surface area (Å²) in [6.45, 7) is 5.38. The van der Waals surface area contributed by atoms with E-state index in [-0.39, 0.29) is 5.82 Å². The van der Waals surface area contributed by atoms with Gasteiger partial charge in [-0.05, 0) is 82.5 Å². The van der Waals surface area contributed by atoms with Crippen LogP contribution < -0.4 is 5.32 Å². The molecule has 0 saturated carbocycles. The van der Waals surface area contributed by atoms with E-state index in [1.165, 1.54) is 37.9 Å². The summed E-state index contributed by atoms with van der Waals surface area (Å²) in [5.41, 5.74) is 2.31. The fourth-order valence-electron chi connectivity index (χ4n) is 2.79. The summed E-state index contributed by atoms with van der Waals surface area (Å²) >= 11 is 0. The predicted octanol–water partition coefficient (Wildman–Crippen LogP) is 2.75. The number of nitrogens with one attached hydrogen (secondary N) is 1. The largest absolute Gasteiger partial charge is 0.314 e. The number of hydrogen-bond donors (Lipinski definition) is 1. The lowest BCUT2D eigenvalue weighted by Crippen LogP contribution is -2.31. The second-order valence-corrected chi connectivity index (χ2v) is 5.71. The van der Waals surface area contributed by atoms with Crippen molar-refractivity contribution in [3.63, 3.8) is 0 Å². The number of halogens is 1. The zero-order valence-electron chi connectivity index (χ0n) is 12.1. The molecule has 0 bridgehead atoms. The molecule has 1 atom stereocenters. The number of hydrogen-bond acceptors (Lipinski definition) is 2. The molecule has 1 saturated heterocycles. The Kier molecular flexibility index (Phi) is 5.34. The SMILES string of the molecule is Cc1cc(F)ccc1CCNC1CCCN(C)CC1. The van der Waals surface area contributed by atoms with Gasteiger partial charge in [-0.25, -0.2) is 4.39 Å². The molecule has 0 amide bonds. The average Bonchev–Trinajstić information content (AvgIpc) is 2.57. The first-order chi connectivity index (χ1) is 9.15. The number of aryl methyl sites for hydroxylation is 1. The van der Waals surface area contributed by atoms with E-state index in [4.69, 9.17) is 0 Å². The third kappa shape index (κ3) is 4.59. The van der Waals surface area contributed by atoms with Crippen molar-refractivity contribution in [3.05, 3.63) is 35.1 Å². The maximum absolute atomic E-state index is 13.0. The first-order valence-corrected chi connectivity index (χ1v) is 7.32. The quantitative estimate of drug-likeness (QED) is 0.899. The first kappa shape index (κ1) is 14.5. The molecule has 1 aromatic rings. The van der Waals surface area contributed by atoms with Gasteiger partial charge in [0.15, 0.2) is 0 Å². The third-order valence-corrected chi connectivity index (χ3v) is 4.08. The fraction of sp³-hybridized carbons (Fsp3) is 0.625. The van der Waals surface area contributed by atoms with Gasteiger partial charge in [-0.3, -0.25) is 0 Å². The van der Waals surface area contributed by atoms with Crippen LogP contribution in [0.2, 0.25) is 0 Å². The lowest BCUT2D eigenvalue weighted by atomic mass is 10.0. The van der Waals surface area contributed by atoms with Gasteiger partial charge < -0.3 is 10.2 Å². The number of benzene rings is 1. The molecule has 1 fully saturated rings. The van der Waals surface area contributed by atoms with Crippen LogP contribution >= 0.6 is 0 Å². The molecule has 3 heteroatoms. The van der Waals surface area contributed by atoms with Crippen molar-refractivity contribution in [2.75, 3.05) is 26.7 Å². The Labute approximate surface area is 116 Å². The Morgan fingerprint density at radius 3 is 2.95 bits per heavy atom. The van der Waals surface area contributed by atoms with Crippen LogP contribution in [0.25, 0.3) is 0 Å². The minimum absolute atomic E-state index is 0.138. The zero-order chi connectivity index (χ0) is 13.7. The van der Waals surface area contributed by atoms with E-state index in [0.29, 0.717) is 6.04 Å². The molecule has 2 nitrogen and oxygen atoms in total. The number of likely N-dealkylation sites (tertiary alicyclic amines) is 1. The molecular weight excluding hydrogens is 239 g/mol. The van der Waals surface area contributed by atoms with Crippen LogP contribution in [0.3, 0.4) is 0 Å². The Bertz CT molecular complexity index is 406. The van der Waals surface area contributed by atoms with E-state index >= 15 is 0 Å². The van der Waals surface area contributed by atoms with Crippen molar-refractivity contribution in [1.29, 1.82) is 0 Å². The molecule has 0 aliphatic carbocycles. The van der Waals surface area contributed by atoms with E-state index in [0.717, 1.165) is 18.5 Å². The summed E-state index contributed by atoms with van der Waals surface area (Å²) < 4.78 is 13.0. The van der Waals surface area contributed by atoms with Crippen LogP contribution in [0.15, 0.2) is 18.2 Å². The second kappa shape index (κ2) is 7.01. The van der Waals surface area contributed by atoms with Crippen LogP contribution in [0.5, 0.6) is 0 Å². The van der Waals surface area contributed by atoms with Gasteiger partial charge in [-0.15, -0.1) is 0 Å². The van der Waals surface area contributed by atoms with Crippen molar-refractivity contribution in [3.8, 4) is 0 Å². The first-order valence-electron chi connectivity index (χ1n) is 7.32. The minimum Gasteiger partial charge on any atom is -0.314 e. The standard InChI is InChI=1S/C16H25FN2/c1-13-12-15(17)6-5-14(13)7-9-18-16-4-3-10-19(2)11-8-16/h5-6,12,16,18H,3-4,7-11H2,1-2H3. The smallest absolute Gasteiger partial charge is 0.123 e. The zero-order valence-corrected chi connectivity index (χ0v) is 12.1. The van der Waals surface area contributed by atoms with Crippen LogP contribution in [0, 0.1) is 12.7 Å². The van der Waals surface area contributed by atoms with Crippen LogP contribution in [-0.2, 0) is 6.42 Å². The van der Waals surface area contributed by atoms with Gasteiger partial charge in [0.2, 0.25) is 0 Å². The minimum atomic E-state index is -0.138. The van der Waals surface area contributed by atoms with Crippen LogP contribution in [0.1, 0.15) is 30.4 Å². The topological polar surface area (TPSA) is 15.3 Å². The van der Waals surface area contributed by atoms with E-state index in [9.17, 15) is 4.39 Å². The van der Waals surface area contributed by atoms with E-state index in [1.807, 2.05) is 13.0 Å². The Morgan fingerprint density at radius 1 is 1.32 bits per heavy atom. The highest BCUT2D eigenvalue weighted by Gasteiger charge is 2.13. The van der Waals surface area contributed by atoms with Gasteiger partial charge in [0, 0.05) is 6.04 Å². The van der Waals surface area contributed by atoms with E-state index < -0.39 is 0 Å². The molecule has 1 N–H and O–H groups in total. The molecule has 1 aromatic carbocycles. The molecule has 2 rings (SSSR count). The molecule has 0 spiro atoms. The molecule has 1 aliphatic heterocycles. The third-order valence-electron chi connectivity index (χ3n) is 4.08. The molecule has 106 valence electrons. The predicted molar refractivity (Wildman–Crippen MR) is 78.0 cm³/mol. The van der Waals surface area contributed by atoms with E-state index in [2.05, 4.69) is 17.3 Å². The second-order valence-electron chi connectivity index (χ2n) is 5.71. The van der Waals surface area contributed by atoms with Crippen molar-refractivity contribution in [2.45, 2.75) is 38.6 Å². The van der Waals surface area contributed by atoms with Crippen molar-refractivity contribution in [2.24, 2.45) is 0 Å². The van der Waals surface area contributed by atoms with Crippen LogP contribution in [-0.4, -0.2) is 37.6 Å². The van der Waals surface area contributed by atoms with Crippen molar-refractivity contribution >= 4 is 0 Å². The highest BCUT2D eigenvalue weighted by Crippen LogP contribution is 2.12. The maximum Gasteiger partial charge on any atom is 0.123 e. The molecule has 1 heterocycles. The molecule has 0 radical (unpaired) electrons. The Hall–Kier alpha value is -0.930. The number of nitrogens with zero attached hydrogens (tertiary/aromatic N) is 1. The summed E-state index contributed by atoms with van der Waals surface area (Å²) in [5.74, 6) is -0.138. The van der Waals surface area contributed by atoms with Crippen molar-refractivity contribution in [1.82, 2.24) is 10.2 Å².